The normalized spacial score (nSPS) is 9.93. The summed E-state index contributed by atoms with van der Waals surface area (Å²) in [4.78, 5) is 9.17. The topological polar surface area (TPSA) is 78.4 Å². The third kappa shape index (κ3) is 1.43. The number of halogens is 2. The molecule has 5 nitrogen and oxygen atoms in total. The SMILES string of the molecule is COc1c(N)cc([N+](=O)[O-])c(F)c1F. The summed E-state index contributed by atoms with van der Waals surface area (Å²) >= 11 is 0. The van der Waals surface area contributed by atoms with Gasteiger partial charge in [0.25, 0.3) is 0 Å². The molecular weight excluding hydrogens is 198 g/mol. The van der Waals surface area contributed by atoms with Gasteiger partial charge in [0, 0.05) is 6.07 Å². The molecule has 0 saturated heterocycles. The van der Waals surface area contributed by atoms with Gasteiger partial charge in [-0.3, -0.25) is 10.1 Å². The number of hydrogen-bond donors (Lipinski definition) is 1. The van der Waals surface area contributed by atoms with Crippen LogP contribution in [0.25, 0.3) is 0 Å². The number of methoxy groups -OCH3 is 1. The van der Waals surface area contributed by atoms with Crippen molar-refractivity contribution in [3.8, 4) is 5.75 Å². The Morgan fingerprint density at radius 3 is 2.50 bits per heavy atom. The highest BCUT2D eigenvalue weighted by molar-refractivity contribution is 5.59. The van der Waals surface area contributed by atoms with E-state index in [1.807, 2.05) is 0 Å². The number of ether oxygens (including phenoxy) is 1. The van der Waals surface area contributed by atoms with Gasteiger partial charge in [0.1, 0.15) is 0 Å². The van der Waals surface area contributed by atoms with Crippen LogP contribution in [-0.4, -0.2) is 12.0 Å². The Morgan fingerprint density at radius 2 is 2.07 bits per heavy atom. The van der Waals surface area contributed by atoms with E-state index in [4.69, 9.17) is 5.73 Å². The van der Waals surface area contributed by atoms with Gasteiger partial charge in [-0.1, -0.05) is 0 Å². The summed E-state index contributed by atoms with van der Waals surface area (Å²) in [5, 5.41) is 10.2. The van der Waals surface area contributed by atoms with Gasteiger partial charge in [0.2, 0.25) is 11.6 Å². The molecule has 0 spiro atoms. The van der Waals surface area contributed by atoms with Crippen molar-refractivity contribution in [2.75, 3.05) is 12.8 Å². The highest BCUT2D eigenvalue weighted by atomic mass is 19.2. The zero-order valence-electron chi connectivity index (χ0n) is 7.08. The number of nitrogens with zero attached hydrogens (tertiary/aromatic N) is 1. The van der Waals surface area contributed by atoms with Gasteiger partial charge in [-0.15, -0.1) is 0 Å². The van der Waals surface area contributed by atoms with Gasteiger partial charge in [-0.05, 0) is 0 Å². The lowest BCUT2D eigenvalue weighted by Gasteiger charge is -2.05. The van der Waals surface area contributed by atoms with Crippen molar-refractivity contribution in [3.63, 3.8) is 0 Å². The Kier molecular flexibility index (Phi) is 2.50. The third-order valence-corrected chi connectivity index (χ3v) is 1.57. The number of anilines is 1. The summed E-state index contributed by atoms with van der Waals surface area (Å²) in [7, 11) is 1.08. The zero-order valence-corrected chi connectivity index (χ0v) is 7.08. The maximum Gasteiger partial charge on any atom is 0.310 e. The summed E-state index contributed by atoms with van der Waals surface area (Å²) in [6.45, 7) is 0. The van der Waals surface area contributed by atoms with E-state index >= 15 is 0 Å². The van der Waals surface area contributed by atoms with Crippen LogP contribution in [0.15, 0.2) is 6.07 Å². The van der Waals surface area contributed by atoms with Crippen LogP contribution >= 0.6 is 0 Å². The monoisotopic (exact) mass is 204 g/mol. The number of rotatable bonds is 2. The minimum absolute atomic E-state index is 0.321. The molecule has 0 amide bonds. The number of hydrogen-bond acceptors (Lipinski definition) is 4. The van der Waals surface area contributed by atoms with Crippen molar-refractivity contribution in [3.05, 3.63) is 27.8 Å². The highest BCUT2D eigenvalue weighted by Gasteiger charge is 2.24. The van der Waals surface area contributed by atoms with Crippen LogP contribution in [0.5, 0.6) is 5.75 Å². The molecule has 76 valence electrons. The summed E-state index contributed by atoms with van der Waals surface area (Å²) in [6.07, 6.45) is 0. The van der Waals surface area contributed by atoms with E-state index in [0.29, 0.717) is 6.07 Å². The lowest BCUT2D eigenvalue weighted by Crippen LogP contribution is -2.02. The Labute approximate surface area is 77.2 Å². The van der Waals surface area contributed by atoms with E-state index in [1.54, 1.807) is 0 Å². The van der Waals surface area contributed by atoms with Gasteiger partial charge < -0.3 is 10.5 Å². The Morgan fingerprint density at radius 1 is 1.50 bits per heavy atom. The first kappa shape index (κ1) is 10.2. The first-order chi connectivity index (χ1) is 6.49. The molecule has 1 rings (SSSR count). The smallest absolute Gasteiger partial charge is 0.310 e. The van der Waals surface area contributed by atoms with Gasteiger partial charge in [-0.2, -0.15) is 8.78 Å². The predicted molar refractivity (Wildman–Crippen MR) is 44.0 cm³/mol. The molecule has 1 aromatic carbocycles. The van der Waals surface area contributed by atoms with Crippen LogP contribution < -0.4 is 10.5 Å². The lowest BCUT2D eigenvalue weighted by molar-refractivity contribution is -0.387. The zero-order chi connectivity index (χ0) is 10.9. The van der Waals surface area contributed by atoms with Crippen LogP contribution in [-0.2, 0) is 0 Å². The maximum absolute atomic E-state index is 13.0. The Hall–Kier alpha value is -1.92. The van der Waals surface area contributed by atoms with Crippen molar-refractivity contribution in [1.82, 2.24) is 0 Å². The Bertz CT molecular complexity index is 395. The molecule has 0 bridgehead atoms. The molecule has 0 aliphatic rings. The number of nitro benzene ring substituents is 1. The standard InChI is InChI=1S/C7H6F2N2O3/c1-14-7-3(10)2-4(11(12)13)5(8)6(7)9/h2H,10H2,1H3. The van der Waals surface area contributed by atoms with Crippen LogP contribution in [0, 0.1) is 21.7 Å². The molecule has 1 aromatic rings. The largest absolute Gasteiger partial charge is 0.491 e. The van der Waals surface area contributed by atoms with E-state index in [-0.39, 0.29) is 5.69 Å². The van der Waals surface area contributed by atoms with Gasteiger partial charge in [0.15, 0.2) is 5.75 Å². The molecule has 0 atom stereocenters. The fourth-order valence-corrected chi connectivity index (χ4v) is 0.955. The third-order valence-electron chi connectivity index (χ3n) is 1.57. The minimum Gasteiger partial charge on any atom is -0.491 e. The highest BCUT2D eigenvalue weighted by Crippen LogP contribution is 2.33. The summed E-state index contributed by atoms with van der Waals surface area (Å²) < 4.78 is 30.4. The molecular formula is C7H6F2N2O3. The van der Waals surface area contributed by atoms with Gasteiger partial charge in [0.05, 0.1) is 17.7 Å². The van der Waals surface area contributed by atoms with Crippen molar-refractivity contribution >= 4 is 11.4 Å². The number of benzene rings is 1. The second kappa shape index (κ2) is 3.44. The van der Waals surface area contributed by atoms with Crippen molar-refractivity contribution in [2.45, 2.75) is 0 Å². The van der Waals surface area contributed by atoms with Crippen molar-refractivity contribution < 1.29 is 18.4 Å². The van der Waals surface area contributed by atoms with Crippen molar-refractivity contribution in [2.24, 2.45) is 0 Å². The fourth-order valence-electron chi connectivity index (χ4n) is 0.955. The van der Waals surface area contributed by atoms with Crippen molar-refractivity contribution in [1.29, 1.82) is 0 Å². The number of nitrogens with two attached hydrogens (primary N) is 1. The molecule has 0 radical (unpaired) electrons. The molecule has 14 heavy (non-hydrogen) atoms. The van der Waals surface area contributed by atoms with E-state index in [0.717, 1.165) is 7.11 Å². The molecule has 0 aromatic heterocycles. The second-order valence-corrected chi connectivity index (χ2v) is 2.40. The van der Waals surface area contributed by atoms with Crippen LogP contribution in [0.3, 0.4) is 0 Å². The fraction of sp³-hybridized carbons (Fsp3) is 0.143. The van der Waals surface area contributed by atoms with Crippen LogP contribution in [0.1, 0.15) is 0 Å². The first-order valence-electron chi connectivity index (χ1n) is 3.45. The van der Waals surface area contributed by atoms with Gasteiger partial charge >= 0.3 is 5.69 Å². The molecule has 0 aliphatic carbocycles. The predicted octanol–water partition coefficient (Wildman–Crippen LogP) is 1.46. The van der Waals surface area contributed by atoms with E-state index < -0.39 is 28.0 Å². The molecule has 0 saturated carbocycles. The van der Waals surface area contributed by atoms with Crippen LogP contribution in [0.2, 0.25) is 0 Å². The molecule has 0 aliphatic heterocycles. The molecule has 0 fully saturated rings. The first-order valence-corrected chi connectivity index (χ1v) is 3.45. The maximum atomic E-state index is 13.0. The molecule has 2 N–H and O–H groups in total. The number of nitrogen functional groups attached to an aromatic ring is 1. The quantitative estimate of drug-likeness (QED) is 0.449. The number of nitro groups is 1. The molecule has 0 heterocycles. The minimum atomic E-state index is -1.58. The van der Waals surface area contributed by atoms with E-state index in [9.17, 15) is 18.9 Å². The van der Waals surface area contributed by atoms with E-state index in [1.165, 1.54) is 0 Å². The summed E-state index contributed by atoms with van der Waals surface area (Å²) in [6, 6.07) is 0.706. The summed E-state index contributed by atoms with van der Waals surface area (Å²) in [5.41, 5.74) is 3.87. The Balaban J connectivity index is 3.47. The average molecular weight is 204 g/mol. The second-order valence-electron chi connectivity index (χ2n) is 2.40. The average Bonchev–Trinajstić information content (AvgIpc) is 2.12. The van der Waals surface area contributed by atoms with Gasteiger partial charge in [-0.25, -0.2) is 0 Å². The van der Waals surface area contributed by atoms with E-state index in [2.05, 4.69) is 4.74 Å². The lowest BCUT2D eigenvalue weighted by atomic mass is 10.2. The molecule has 0 unspecified atom stereocenters. The summed E-state index contributed by atoms with van der Waals surface area (Å²) in [5.74, 6) is -3.58. The van der Waals surface area contributed by atoms with Crippen LogP contribution in [0.4, 0.5) is 20.2 Å². The molecule has 7 heteroatoms.